The number of carbonyl (C=O) groups is 1. The Hall–Kier alpha value is -2.21. The maximum Gasteiger partial charge on any atom is 0.248 e. The molecule has 0 saturated heterocycles. The van der Waals surface area contributed by atoms with E-state index in [-0.39, 0.29) is 11.9 Å². The molecule has 1 saturated carbocycles. The molecule has 122 valence electrons. The van der Waals surface area contributed by atoms with E-state index in [9.17, 15) is 4.79 Å². The summed E-state index contributed by atoms with van der Waals surface area (Å²) >= 11 is 0. The fourth-order valence-electron chi connectivity index (χ4n) is 2.93. The first kappa shape index (κ1) is 15.7. The highest BCUT2D eigenvalue weighted by Crippen LogP contribution is 2.28. The summed E-state index contributed by atoms with van der Waals surface area (Å²) in [5.74, 6) is 0.881. The van der Waals surface area contributed by atoms with Gasteiger partial charge in [-0.2, -0.15) is 4.98 Å². The van der Waals surface area contributed by atoms with Crippen molar-refractivity contribution in [3.63, 3.8) is 0 Å². The van der Waals surface area contributed by atoms with Gasteiger partial charge in [0.05, 0.1) is 5.54 Å². The zero-order valence-electron chi connectivity index (χ0n) is 13.3. The van der Waals surface area contributed by atoms with Crippen LogP contribution in [0, 0.1) is 0 Å². The van der Waals surface area contributed by atoms with Gasteiger partial charge in [0, 0.05) is 6.42 Å². The normalized spacial score (nSPS) is 17.8. The fourth-order valence-corrected chi connectivity index (χ4v) is 2.93. The van der Waals surface area contributed by atoms with Crippen molar-refractivity contribution >= 4 is 5.91 Å². The Balaban J connectivity index is 1.62. The number of hydrogen-bond acceptors (Lipinski definition) is 5. The number of nitrogens with zero attached hydrogens (tertiary/aromatic N) is 2. The predicted molar refractivity (Wildman–Crippen MR) is 85.5 cm³/mol. The summed E-state index contributed by atoms with van der Waals surface area (Å²) < 4.78 is 5.28. The van der Waals surface area contributed by atoms with E-state index in [4.69, 9.17) is 10.3 Å². The third-order valence-corrected chi connectivity index (χ3v) is 4.35. The standard InChI is InChI=1S/C17H22N4O2/c1-12(19-16(22)17(18)9-5-6-10-17)15-20-14(21-23-15)11-13-7-3-2-4-8-13/h2-4,7-8,12H,5-6,9-11,18H2,1H3,(H,19,22). The van der Waals surface area contributed by atoms with Crippen molar-refractivity contribution < 1.29 is 9.32 Å². The van der Waals surface area contributed by atoms with Crippen molar-refractivity contribution in [1.29, 1.82) is 0 Å². The lowest BCUT2D eigenvalue weighted by Crippen LogP contribution is -2.52. The van der Waals surface area contributed by atoms with Crippen molar-refractivity contribution in [2.75, 3.05) is 0 Å². The molecule has 0 radical (unpaired) electrons. The molecule has 1 heterocycles. The van der Waals surface area contributed by atoms with Gasteiger partial charge >= 0.3 is 0 Å². The molecule has 1 atom stereocenters. The molecule has 1 amide bonds. The van der Waals surface area contributed by atoms with Crippen LogP contribution in [0.1, 0.15) is 55.9 Å². The van der Waals surface area contributed by atoms with Gasteiger partial charge in [0.25, 0.3) is 0 Å². The molecule has 1 unspecified atom stereocenters. The minimum atomic E-state index is -0.749. The van der Waals surface area contributed by atoms with Crippen LogP contribution in [0.5, 0.6) is 0 Å². The van der Waals surface area contributed by atoms with E-state index in [1.807, 2.05) is 37.3 Å². The molecule has 0 bridgehead atoms. The molecule has 0 aliphatic heterocycles. The van der Waals surface area contributed by atoms with Crippen molar-refractivity contribution in [3.8, 4) is 0 Å². The number of amides is 1. The van der Waals surface area contributed by atoms with Crippen LogP contribution in [0.2, 0.25) is 0 Å². The maximum atomic E-state index is 12.3. The SMILES string of the molecule is CC(NC(=O)C1(N)CCCC1)c1nc(Cc2ccccc2)no1. The van der Waals surface area contributed by atoms with Gasteiger partial charge in [0.2, 0.25) is 11.8 Å². The van der Waals surface area contributed by atoms with Crippen molar-refractivity contribution in [2.24, 2.45) is 5.73 Å². The third kappa shape index (κ3) is 3.59. The largest absolute Gasteiger partial charge is 0.343 e. The zero-order chi connectivity index (χ0) is 16.3. The van der Waals surface area contributed by atoms with E-state index in [0.717, 1.165) is 31.2 Å². The molecule has 1 aliphatic carbocycles. The van der Waals surface area contributed by atoms with Crippen LogP contribution in [0.4, 0.5) is 0 Å². The van der Waals surface area contributed by atoms with Gasteiger partial charge < -0.3 is 15.6 Å². The second kappa shape index (κ2) is 6.50. The first-order valence-corrected chi connectivity index (χ1v) is 8.03. The Morgan fingerprint density at radius 2 is 2.04 bits per heavy atom. The number of benzene rings is 1. The van der Waals surface area contributed by atoms with Gasteiger partial charge in [-0.1, -0.05) is 48.3 Å². The third-order valence-electron chi connectivity index (χ3n) is 4.35. The van der Waals surface area contributed by atoms with Gasteiger partial charge in [0.1, 0.15) is 6.04 Å². The quantitative estimate of drug-likeness (QED) is 0.881. The molecular weight excluding hydrogens is 292 g/mol. The van der Waals surface area contributed by atoms with Crippen molar-refractivity contribution in [2.45, 2.75) is 50.6 Å². The Morgan fingerprint density at radius 1 is 1.35 bits per heavy atom. The Bertz CT molecular complexity index is 662. The first-order valence-electron chi connectivity index (χ1n) is 8.03. The molecule has 2 aromatic rings. The smallest absolute Gasteiger partial charge is 0.248 e. The summed E-state index contributed by atoms with van der Waals surface area (Å²) in [5, 5.41) is 6.88. The highest BCUT2D eigenvalue weighted by atomic mass is 16.5. The van der Waals surface area contributed by atoms with E-state index >= 15 is 0 Å². The lowest BCUT2D eigenvalue weighted by molar-refractivity contribution is -0.127. The summed E-state index contributed by atoms with van der Waals surface area (Å²) in [4.78, 5) is 16.7. The van der Waals surface area contributed by atoms with Gasteiger partial charge in [-0.05, 0) is 25.3 Å². The molecule has 3 N–H and O–H groups in total. The molecule has 1 aromatic carbocycles. The van der Waals surface area contributed by atoms with Gasteiger partial charge in [-0.3, -0.25) is 4.79 Å². The molecule has 1 aliphatic rings. The Morgan fingerprint density at radius 3 is 2.74 bits per heavy atom. The zero-order valence-corrected chi connectivity index (χ0v) is 13.3. The lowest BCUT2D eigenvalue weighted by atomic mass is 9.98. The summed E-state index contributed by atoms with van der Waals surface area (Å²) in [6, 6.07) is 9.59. The van der Waals surface area contributed by atoms with Crippen molar-refractivity contribution in [1.82, 2.24) is 15.5 Å². The summed E-state index contributed by atoms with van der Waals surface area (Å²) in [6.45, 7) is 1.83. The average molecular weight is 314 g/mol. The topological polar surface area (TPSA) is 94.0 Å². The number of nitrogens with two attached hydrogens (primary N) is 1. The number of carbonyl (C=O) groups excluding carboxylic acids is 1. The Kier molecular flexibility index (Phi) is 4.43. The molecule has 0 spiro atoms. The molecule has 6 nitrogen and oxygen atoms in total. The second-order valence-electron chi connectivity index (χ2n) is 6.27. The molecule has 6 heteroatoms. The molecule has 3 rings (SSSR count). The highest BCUT2D eigenvalue weighted by Gasteiger charge is 2.38. The minimum Gasteiger partial charge on any atom is -0.343 e. The van der Waals surface area contributed by atoms with E-state index in [2.05, 4.69) is 15.5 Å². The lowest BCUT2D eigenvalue weighted by Gasteiger charge is -2.23. The summed E-state index contributed by atoms with van der Waals surface area (Å²) in [7, 11) is 0. The fraction of sp³-hybridized carbons (Fsp3) is 0.471. The molecule has 1 fully saturated rings. The van der Waals surface area contributed by atoms with E-state index in [1.54, 1.807) is 0 Å². The minimum absolute atomic E-state index is 0.134. The maximum absolute atomic E-state index is 12.3. The van der Waals surface area contributed by atoms with E-state index in [1.165, 1.54) is 0 Å². The van der Waals surface area contributed by atoms with E-state index < -0.39 is 5.54 Å². The van der Waals surface area contributed by atoms with Gasteiger partial charge in [-0.25, -0.2) is 0 Å². The number of nitrogens with one attached hydrogen (secondary N) is 1. The molecule has 23 heavy (non-hydrogen) atoms. The van der Waals surface area contributed by atoms with Crippen LogP contribution in [-0.4, -0.2) is 21.6 Å². The molecule has 1 aromatic heterocycles. The second-order valence-corrected chi connectivity index (χ2v) is 6.27. The van der Waals surface area contributed by atoms with Crippen molar-refractivity contribution in [3.05, 3.63) is 47.6 Å². The number of hydrogen-bond donors (Lipinski definition) is 2. The van der Waals surface area contributed by atoms with Gasteiger partial charge in [-0.15, -0.1) is 0 Å². The number of rotatable bonds is 5. The average Bonchev–Trinajstić information content (AvgIpc) is 3.18. The first-order chi connectivity index (χ1) is 11.1. The predicted octanol–water partition coefficient (Wildman–Crippen LogP) is 2.11. The van der Waals surface area contributed by atoms with E-state index in [0.29, 0.717) is 18.1 Å². The van der Waals surface area contributed by atoms with Crippen LogP contribution in [0.15, 0.2) is 34.9 Å². The summed E-state index contributed by atoms with van der Waals surface area (Å²) in [6.07, 6.45) is 4.06. The van der Waals surface area contributed by atoms with Crippen LogP contribution >= 0.6 is 0 Å². The summed E-state index contributed by atoms with van der Waals surface area (Å²) in [5.41, 5.74) is 6.52. The number of aromatic nitrogens is 2. The molecular formula is C17H22N4O2. The highest BCUT2D eigenvalue weighted by molar-refractivity contribution is 5.86. The van der Waals surface area contributed by atoms with Crippen LogP contribution < -0.4 is 11.1 Å². The van der Waals surface area contributed by atoms with Gasteiger partial charge in [0.15, 0.2) is 5.82 Å². The Labute approximate surface area is 135 Å². The monoisotopic (exact) mass is 314 g/mol. The van der Waals surface area contributed by atoms with Crippen LogP contribution in [-0.2, 0) is 11.2 Å². The van der Waals surface area contributed by atoms with Crippen LogP contribution in [0.25, 0.3) is 0 Å². The van der Waals surface area contributed by atoms with Crippen LogP contribution in [0.3, 0.4) is 0 Å².